The van der Waals surface area contributed by atoms with Gasteiger partial charge < -0.3 is 8.92 Å². The van der Waals surface area contributed by atoms with Crippen LogP contribution in [0.3, 0.4) is 0 Å². The molecule has 0 bridgehead atoms. The predicted molar refractivity (Wildman–Crippen MR) is 58.9 cm³/mol. The van der Waals surface area contributed by atoms with Gasteiger partial charge in [-0.3, -0.25) is 0 Å². The molecule has 0 spiro atoms. The lowest BCUT2D eigenvalue weighted by Crippen LogP contribution is -2.27. The standard InChI is InChI=1S/C8H11NO5S2/c1-9(2)16(11,12)14-6-4-5-15-7(6)8(10)13-3/h4-5H,1-3H3. The van der Waals surface area contributed by atoms with Crippen molar-refractivity contribution in [1.82, 2.24) is 4.31 Å². The maximum atomic E-state index is 11.4. The molecule has 0 aliphatic heterocycles. The largest absolute Gasteiger partial charge is 0.465 e. The number of thiophene rings is 1. The molecule has 1 heterocycles. The molecule has 0 fully saturated rings. The van der Waals surface area contributed by atoms with Gasteiger partial charge in [-0.2, -0.15) is 12.7 Å². The van der Waals surface area contributed by atoms with Crippen LogP contribution in [-0.2, 0) is 15.0 Å². The van der Waals surface area contributed by atoms with E-state index >= 15 is 0 Å². The normalized spacial score (nSPS) is 11.5. The number of ether oxygens (including phenoxy) is 1. The molecule has 0 aliphatic carbocycles. The molecule has 0 saturated carbocycles. The summed E-state index contributed by atoms with van der Waals surface area (Å²) < 4.78 is 33.0. The van der Waals surface area contributed by atoms with E-state index in [9.17, 15) is 13.2 Å². The topological polar surface area (TPSA) is 72.9 Å². The van der Waals surface area contributed by atoms with Gasteiger partial charge in [0.25, 0.3) is 0 Å². The first-order valence-corrected chi connectivity index (χ1v) is 6.40. The monoisotopic (exact) mass is 265 g/mol. The van der Waals surface area contributed by atoms with Crippen molar-refractivity contribution in [1.29, 1.82) is 0 Å². The summed E-state index contributed by atoms with van der Waals surface area (Å²) >= 11 is 1.05. The van der Waals surface area contributed by atoms with Crippen LogP contribution in [0.4, 0.5) is 0 Å². The molecule has 0 saturated heterocycles. The smallest absolute Gasteiger partial charge is 0.384 e. The molecule has 1 rings (SSSR count). The SMILES string of the molecule is COC(=O)c1sccc1OS(=O)(=O)N(C)C. The van der Waals surface area contributed by atoms with E-state index < -0.39 is 16.3 Å². The lowest BCUT2D eigenvalue weighted by atomic mass is 10.4. The van der Waals surface area contributed by atoms with Crippen LogP contribution in [0, 0.1) is 0 Å². The fraction of sp³-hybridized carbons (Fsp3) is 0.375. The van der Waals surface area contributed by atoms with Gasteiger partial charge in [0.1, 0.15) is 0 Å². The minimum atomic E-state index is -3.85. The number of carbonyl (C=O) groups excluding carboxylic acids is 1. The first-order valence-electron chi connectivity index (χ1n) is 4.16. The molecular weight excluding hydrogens is 254 g/mol. The van der Waals surface area contributed by atoms with E-state index in [2.05, 4.69) is 4.74 Å². The van der Waals surface area contributed by atoms with Crippen LogP contribution in [0.15, 0.2) is 11.4 Å². The third kappa shape index (κ3) is 2.71. The Kier molecular flexibility index (Phi) is 3.89. The van der Waals surface area contributed by atoms with Crippen LogP contribution < -0.4 is 4.18 Å². The molecule has 0 aliphatic rings. The second-order valence-electron chi connectivity index (χ2n) is 2.93. The first kappa shape index (κ1) is 12.9. The molecule has 16 heavy (non-hydrogen) atoms. The van der Waals surface area contributed by atoms with Crippen LogP contribution >= 0.6 is 11.3 Å². The zero-order valence-electron chi connectivity index (χ0n) is 8.96. The summed E-state index contributed by atoms with van der Waals surface area (Å²) in [6.07, 6.45) is 0. The third-order valence-electron chi connectivity index (χ3n) is 1.64. The highest BCUT2D eigenvalue weighted by atomic mass is 32.2. The Morgan fingerprint density at radius 3 is 2.56 bits per heavy atom. The molecule has 90 valence electrons. The second-order valence-corrected chi connectivity index (χ2v) is 5.60. The van der Waals surface area contributed by atoms with E-state index in [0.29, 0.717) is 0 Å². The summed E-state index contributed by atoms with van der Waals surface area (Å²) in [5.41, 5.74) is 0. The van der Waals surface area contributed by atoms with E-state index in [1.807, 2.05) is 0 Å². The highest BCUT2D eigenvalue weighted by molar-refractivity contribution is 7.84. The maximum Gasteiger partial charge on any atom is 0.384 e. The Hall–Kier alpha value is -1.12. The molecular formula is C8H11NO5S2. The van der Waals surface area contributed by atoms with Crippen LogP contribution in [0.5, 0.6) is 5.75 Å². The quantitative estimate of drug-likeness (QED) is 0.750. The number of esters is 1. The number of methoxy groups -OCH3 is 1. The molecule has 0 amide bonds. The first-order chi connectivity index (χ1) is 7.38. The van der Waals surface area contributed by atoms with E-state index in [4.69, 9.17) is 4.18 Å². The summed E-state index contributed by atoms with van der Waals surface area (Å²) in [5, 5.41) is 1.55. The molecule has 1 aromatic rings. The average molecular weight is 265 g/mol. The molecule has 1 aromatic heterocycles. The van der Waals surface area contributed by atoms with Crippen LogP contribution in [-0.4, -0.2) is 39.9 Å². The number of hydrogen-bond donors (Lipinski definition) is 0. The zero-order valence-corrected chi connectivity index (χ0v) is 10.6. The van der Waals surface area contributed by atoms with Gasteiger partial charge in [-0.05, 0) is 11.4 Å². The zero-order chi connectivity index (χ0) is 12.3. The van der Waals surface area contributed by atoms with Gasteiger partial charge in [0.05, 0.1) is 7.11 Å². The summed E-state index contributed by atoms with van der Waals surface area (Å²) in [5.74, 6) is -0.649. The Morgan fingerprint density at radius 2 is 2.06 bits per heavy atom. The Morgan fingerprint density at radius 1 is 1.44 bits per heavy atom. The number of nitrogens with zero attached hydrogens (tertiary/aromatic N) is 1. The molecule has 0 unspecified atom stereocenters. The van der Waals surface area contributed by atoms with Crippen molar-refractivity contribution in [3.05, 3.63) is 16.3 Å². The van der Waals surface area contributed by atoms with Crippen LogP contribution in [0.2, 0.25) is 0 Å². The number of carbonyl (C=O) groups is 1. The Labute approximate surface area is 97.6 Å². The lowest BCUT2D eigenvalue weighted by molar-refractivity contribution is 0.0604. The van der Waals surface area contributed by atoms with Crippen LogP contribution in [0.25, 0.3) is 0 Å². The van der Waals surface area contributed by atoms with Crippen LogP contribution in [0.1, 0.15) is 9.67 Å². The molecule has 0 atom stereocenters. The van der Waals surface area contributed by atoms with Gasteiger partial charge in [-0.1, -0.05) is 0 Å². The van der Waals surface area contributed by atoms with Gasteiger partial charge >= 0.3 is 16.3 Å². The molecule has 0 N–H and O–H groups in total. The lowest BCUT2D eigenvalue weighted by Gasteiger charge is -2.11. The number of hydrogen-bond acceptors (Lipinski definition) is 6. The van der Waals surface area contributed by atoms with E-state index in [-0.39, 0.29) is 10.6 Å². The third-order valence-corrected chi connectivity index (χ3v) is 3.80. The number of rotatable bonds is 4. The van der Waals surface area contributed by atoms with Crippen molar-refractivity contribution in [2.45, 2.75) is 0 Å². The minimum Gasteiger partial charge on any atom is -0.465 e. The minimum absolute atomic E-state index is 0.0226. The van der Waals surface area contributed by atoms with Crippen molar-refractivity contribution < 1.29 is 22.1 Å². The van der Waals surface area contributed by atoms with E-state index in [0.717, 1.165) is 15.6 Å². The molecule has 8 heteroatoms. The molecule has 0 aromatic carbocycles. The average Bonchev–Trinajstić information content (AvgIpc) is 2.63. The van der Waals surface area contributed by atoms with E-state index in [1.165, 1.54) is 27.3 Å². The molecule has 6 nitrogen and oxygen atoms in total. The predicted octanol–water partition coefficient (Wildman–Crippen LogP) is 0.720. The van der Waals surface area contributed by atoms with Crippen molar-refractivity contribution >= 4 is 27.6 Å². The van der Waals surface area contributed by atoms with E-state index in [1.54, 1.807) is 5.38 Å². The summed E-state index contributed by atoms with van der Waals surface area (Å²) in [6, 6.07) is 1.40. The fourth-order valence-corrected chi connectivity index (χ4v) is 2.09. The summed E-state index contributed by atoms with van der Waals surface area (Å²) in [4.78, 5) is 11.4. The molecule has 0 radical (unpaired) electrons. The van der Waals surface area contributed by atoms with Crippen molar-refractivity contribution in [3.8, 4) is 5.75 Å². The second kappa shape index (κ2) is 4.81. The van der Waals surface area contributed by atoms with Gasteiger partial charge in [-0.25, -0.2) is 4.79 Å². The van der Waals surface area contributed by atoms with Crippen molar-refractivity contribution in [3.63, 3.8) is 0 Å². The summed E-state index contributed by atoms with van der Waals surface area (Å²) in [6.45, 7) is 0. The highest BCUT2D eigenvalue weighted by Gasteiger charge is 2.22. The van der Waals surface area contributed by atoms with Crippen molar-refractivity contribution in [2.24, 2.45) is 0 Å². The summed E-state index contributed by atoms with van der Waals surface area (Å²) in [7, 11) is 0.0271. The van der Waals surface area contributed by atoms with Gasteiger partial charge in [0.2, 0.25) is 0 Å². The maximum absolute atomic E-state index is 11.4. The van der Waals surface area contributed by atoms with Gasteiger partial charge in [0, 0.05) is 14.1 Å². The van der Waals surface area contributed by atoms with Gasteiger partial charge in [-0.15, -0.1) is 11.3 Å². The Bertz CT molecular complexity index is 476. The van der Waals surface area contributed by atoms with Gasteiger partial charge in [0.15, 0.2) is 10.6 Å². The fourth-order valence-electron chi connectivity index (χ4n) is 0.793. The highest BCUT2D eigenvalue weighted by Crippen LogP contribution is 2.27. The van der Waals surface area contributed by atoms with Crippen molar-refractivity contribution in [2.75, 3.05) is 21.2 Å². The Balaban J connectivity index is 3.00.